The largest absolute Gasteiger partial charge is 0.338 e. The first-order chi connectivity index (χ1) is 15.6. The van der Waals surface area contributed by atoms with E-state index in [1.165, 1.54) is 18.4 Å². The first-order valence-corrected chi connectivity index (χ1v) is 11.7. The first-order valence-electron chi connectivity index (χ1n) is 11.3. The predicted octanol–water partition coefficient (Wildman–Crippen LogP) is 5.58. The fourth-order valence-electron chi connectivity index (χ4n) is 3.99. The van der Waals surface area contributed by atoms with E-state index in [4.69, 9.17) is 16.1 Å². The van der Waals surface area contributed by atoms with Crippen LogP contribution in [0.3, 0.4) is 0 Å². The molecule has 32 heavy (non-hydrogen) atoms. The quantitative estimate of drug-likeness (QED) is 0.482. The Bertz CT molecular complexity index is 1030. The summed E-state index contributed by atoms with van der Waals surface area (Å²) in [6.07, 6.45) is 5.09. The number of carbonyl (C=O) groups is 1. The molecule has 2 heterocycles. The van der Waals surface area contributed by atoms with Crippen LogP contribution in [-0.4, -0.2) is 34.0 Å². The number of nitrogens with zero attached hydrogens (tertiary/aromatic N) is 3. The van der Waals surface area contributed by atoms with Gasteiger partial charge in [-0.25, -0.2) is 0 Å². The molecule has 3 aromatic rings. The van der Waals surface area contributed by atoms with E-state index in [0.717, 1.165) is 43.6 Å². The molecule has 1 N–H and O–H groups in total. The van der Waals surface area contributed by atoms with Crippen LogP contribution in [0.15, 0.2) is 53.1 Å². The van der Waals surface area contributed by atoms with Gasteiger partial charge in [0.05, 0.1) is 6.54 Å². The van der Waals surface area contributed by atoms with Crippen molar-refractivity contribution in [3.63, 3.8) is 0 Å². The number of aromatic nitrogens is 2. The second-order valence-electron chi connectivity index (χ2n) is 8.36. The van der Waals surface area contributed by atoms with Crippen LogP contribution in [-0.2, 0) is 17.8 Å². The summed E-state index contributed by atoms with van der Waals surface area (Å²) >= 11 is 6.05. The van der Waals surface area contributed by atoms with Gasteiger partial charge >= 0.3 is 0 Å². The maximum atomic E-state index is 12.7. The van der Waals surface area contributed by atoms with Gasteiger partial charge in [0.15, 0.2) is 0 Å². The van der Waals surface area contributed by atoms with Gasteiger partial charge in [0, 0.05) is 22.2 Å². The molecule has 1 aliphatic heterocycles. The van der Waals surface area contributed by atoms with Crippen LogP contribution in [0, 0.1) is 5.92 Å². The number of nitrogens with one attached hydrogen (secondary N) is 1. The Morgan fingerprint density at radius 2 is 1.97 bits per heavy atom. The van der Waals surface area contributed by atoms with Crippen LogP contribution >= 0.6 is 11.6 Å². The first kappa shape index (κ1) is 22.5. The monoisotopic (exact) mass is 452 g/mol. The molecule has 0 bridgehead atoms. The number of rotatable bonds is 8. The minimum absolute atomic E-state index is 0.0238. The van der Waals surface area contributed by atoms with E-state index in [2.05, 4.69) is 39.4 Å². The van der Waals surface area contributed by atoms with Crippen molar-refractivity contribution in [1.29, 1.82) is 0 Å². The van der Waals surface area contributed by atoms with E-state index < -0.39 is 0 Å². The second-order valence-corrected chi connectivity index (χ2v) is 8.80. The number of aryl methyl sites for hydroxylation is 1. The fourth-order valence-corrected chi connectivity index (χ4v) is 4.18. The number of piperidine rings is 1. The molecule has 1 aliphatic rings. The lowest BCUT2D eigenvalue weighted by Gasteiger charge is -2.30. The Hall–Kier alpha value is -2.70. The molecule has 1 fully saturated rings. The molecule has 6 nitrogen and oxygen atoms in total. The Balaban J connectivity index is 1.25. The summed E-state index contributed by atoms with van der Waals surface area (Å²) in [4.78, 5) is 19.4. The Morgan fingerprint density at radius 1 is 1.19 bits per heavy atom. The Kier molecular flexibility index (Phi) is 7.55. The topological polar surface area (TPSA) is 71.3 Å². The fraction of sp³-hybridized carbons (Fsp3) is 0.400. The average Bonchev–Trinajstić information content (AvgIpc) is 3.27. The summed E-state index contributed by atoms with van der Waals surface area (Å²) in [5, 5.41) is 7.79. The van der Waals surface area contributed by atoms with Crippen molar-refractivity contribution in [2.45, 2.75) is 45.6 Å². The van der Waals surface area contributed by atoms with E-state index in [1.54, 1.807) is 0 Å². The van der Waals surface area contributed by atoms with E-state index in [1.807, 2.05) is 36.4 Å². The maximum absolute atomic E-state index is 12.7. The molecule has 4 rings (SSSR count). The third-order valence-corrected chi connectivity index (χ3v) is 6.14. The molecule has 7 heteroatoms. The lowest BCUT2D eigenvalue weighted by atomic mass is 9.95. The van der Waals surface area contributed by atoms with Crippen molar-refractivity contribution in [3.05, 3.63) is 65.0 Å². The van der Waals surface area contributed by atoms with Gasteiger partial charge in [-0.3, -0.25) is 9.69 Å². The minimum Gasteiger partial charge on any atom is -0.338 e. The number of benzene rings is 2. The van der Waals surface area contributed by atoms with Gasteiger partial charge in [0.1, 0.15) is 0 Å². The van der Waals surface area contributed by atoms with E-state index in [0.29, 0.717) is 23.3 Å². The number of unbranched alkanes of at least 4 members (excludes halogenated alkanes) is 1. The molecule has 1 aromatic heterocycles. The third-order valence-electron chi connectivity index (χ3n) is 5.91. The lowest BCUT2D eigenvalue weighted by Crippen LogP contribution is -2.37. The van der Waals surface area contributed by atoms with Gasteiger partial charge in [0.25, 0.3) is 0 Å². The van der Waals surface area contributed by atoms with Crippen molar-refractivity contribution in [2.75, 3.05) is 18.4 Å². The highest BCUT2D eigenvalue weighted by Crippen LogP contribution is 2.23. The van der Waals surface area contributed by atoms with Crippen molar-refractivity contribution < 1.29 is 9.32 Å². The molecule has 168 valence electrons. The Labute approximate surface area is 194 Å². The van der Waals surface area contributed by atoms with Crippen LogP contribution in [0.5, 0.6) is 0 Å². The maximum Gasteiger partial charge on any atom is 0.241 e. The summed E-state index contributed by atoms with van der Waals surface area (Å²) in [5.41, 5.74) is 3.02. The van der Waals surface area contributed by atoms with Crippen molar-refractivity contribution >= 4 is 23.2 Å². The van der Waals surface area contributed by atoms with Crippen molar-refractivity contribution in [1.82, 2.24) is 15.0 Å². The molecule has 0 atom stereocenters. The molecule has 2 aromatic carbocycles. The van der Waals surface area contributed by atoms with Gasteiger partial charge in [-0.2, -0.15) is 4.98 Å². The zero-order valence-corrected chi connectivity index (χ0v) is 19.1. The van der Waals surface area contributed by atoms with Crippen LogP contribution in [0.4, 0.5) is 5.69 Å². The van der Waals surface area contributed by atoms with Crippen LogP contribution < -0.4 is 5.32 Å². The molecule has 0 aliphatic carbocycles. The summed E-state index contributed by atoms with van der Waals surface area (Å²) in [7, 11) is 0. The molecule has 1 amide bonds. The number of halogens is 1. The van der Waals surface area contributed by atoms with Gasteiger partial charge in [-0.05, 0) is 68.6 Å². The summed E-state index contributed by atoms with van der Waals surface area (Å²) in [5.74, 6) is 1.24. The number of hydrogen-bond acceptors (Lipinski definition) is 5. The highest BCUT2D eigenvalue weighted by molar-refractivity contribution is 6.30. The van der Waals surface area contributed by atoms with Crippen molar-refractivity contribution in [3.8, 4) is 11.4 Å². The van der Waals surface area contributed by atoms with E-state index in [9.17, 15) is 4.79 Å². The lowest BCUT2D eigenvalue weighted by molar-refractivity contribution is -0.121. The zero-order valence-electron chi connectivity index (χ0n) is 18.4. The molecule has 0 saturated carbocycles. The third kappa shape index (κ3) is 5.96. The smallest absolute Gasteiger partial charge is 0.241 e. The van der Waals surface area contributed by atoms with Crippen LogP contribution in [0.2, 0.25) is 5.02 Å². The SMILES string of the molecule is CCCCc1ccc(NC(=O)C2CCN(Cc3nc(-c4cccc(Cl)c4)no3)CC2)cc1. The van der Waals surface area contributed by atoms with Gasteiger partial charge in [-0.15, -0.1) is 0 Å². The van der Waals surface area contributed by atoms with Gasteiger partial charge in [0.2, 0.25) is 17.6 Å². The van der Waals surface area contributed by atoms with Crippen LogP contribution in [0.1, 0.15) is 44.1 Å². The highest BCUT2D eigenvalue weighted by Gasteiger charge is 2.26. The van der Waals surface area contributed by atoms with Crippen LogP contribution in [0.25, 0.3) is 11.4 Å². The van der Waals surface area contributed by atoms with E-state index >= 15 is 0 Å². The summed E-state index contributed by atoms with van der Waals surface area (Å²) < 4.78 is 5.42. The molecule has 0 spiro atoms. The molecule has 0 radical (unpaired) electrons. The number of carbonyl (C=O) groups excluding carboxylic acids is 1. The van der Waals surface area contributed by atoms with E-state index in [-0.39, 0.29) is 11.8 Å². The minimum atomic E-state index is 0.0238. The molecule has 0 unspecified atom stereocenters. The molecular weight excluding hydrogens is 424 g/mol. The highest BCUT2D eigenvalue weighted by atomic mass is 35.5. The standard InChI is InChI=1S/C25H29ClN4O2/c1-2-3-5-18-8-10-22(11-9-18)27-25(31)19-12-14-30(15-13-19)17-23-28-24(29-32-23)20-6-4-7-21(26)16-20/h4,6-11,16,19H,2-3,5,12-15,17H2,1H3,(H,27,31). The average molecular weight is 453 g/mol. The normalized spacial score (nSPS) is 15.1. The predicted molar refractivity (Wildman–Crippen MR) is 126 cm³/mol. The number of likely N-dealkylation sites (tertiary alicyclic amines) is 1. The zero-order chi connectivity index (χ0) is 22.3. The molecule has 1 saturated heterocycles. The van der Waals surface area contributed by atoms with Gasteiger partial charge < -0.3 is 9.84 Å². The summed E-state index contributed by atoms with van der Waals surface area (Å²) in [6.45, 7) is 4.42. The molecular formula is C25H29ClN4O2. The summed E-state index contributed by atoms with van der Waals surface area (Å²) in [6, 6.07) is 15.6. The number of hydrogen-bond donors (Lipinski definition) is 1. The Morgan fingerprint density at radius 3 is 2.69 bits per heavy atom. The number of anilines is 1. The second kappa shape index (κ2) is 10.7. The van der Waals surface area contributed by atoms with Gasteiger partial charge in [-0.1, -0.05) is 54.4 Å². The number of amides is 1. The van der Waals surface area contributed by atoms with Crippen molar-refractivity contribution in [2.24, 2.45) is 5.92 Å².